The van der Waals surface area contributed by atoms with Crippen molar-refractivity contribution in [3.05, 3.63) is 108 Å². The summed E-state index contributed by atoms with van der Waals surface area (Å²) >= 11 is 1.48. The number of primary amides is 1. The molecule has 0 aliphatic heterocycles. The quantitative estimate of drug-likeness (QED) is 0.0328. The van der Waals surface area contributed by atoms with Crippen molar-refractivity contribution < 1.29 is 43.2 Å². The molecule has 21 heteroatoms. The zero-order valence-corrected chi connectivity index (χ0v) is 49.4. The second-order valence-corrected chi connectivity index (χ2v) is 23.4. The highest BCUT2D eigenvalue weighted by atomic mass is 32.2. The average molecular weight is 1140 g/mol. The Labute approximate surface area is 481 Å². The molecule has 1 heterocycles. The Morgan fingerprint density at radius 3 is 1.21 bits per heavy atom. The van der Waals surface area contributed by atoms with Gasteiger partial charge >= 0.3 is 0 Å². The van der Waals surface area contributed by atoms with E-state index >= 15 is 4.79 Å². The summed E-state index contributed by atoms with van der Waals surface area (Å²) in [4.78, 5) is 129. The minimum absolute atomic E-state index is 0.0166. The maximum atomic E-state index is 15.0. The highest BCUT2D eigenvalue weighted by Crippen LogP contribution is 2.21. The highest BCUT2D eigenvalue weighted by molar-refractivity contribution is 7.98. The number of amides is 9. The van der Waals surface area contributed by atoms with Gasteiger partial charge in [0.1, 0.15) is 48.3 Å². The Balaban J connectivity index is 1.71. The van der Waals surface area contributed by atoms with Crippen molar-refractivity contribution >= 4 is 75.8 Å². The molecular weight excluding hydrogens is 1050 g/mol. The van der Waals surface area contributed by atoms with Gasteiger partial charge in [-0.3, -0.25) is 43.2 Å². The third-order valence-electron chi connectivity index (χ3n) is 13.5. The topological polar surface area (TPSA) is 318 Å². The normalized spacial score (nSPS) is 14.8. The minimum atomic E-state index is -1.35. The maximum absolute atomic E-state index is 15.0. The Morgan fingerprint density at radius 2 is 0.815 bits per heavy atom. The number of fused-ring (bicyclic) bond motifs is 1. The van der Waals surface area contributed by atoms with E-state index in [4.69, 9.17) is 11.5 Å². The highest BCUT2D eigenvalue weighted by Gasteiger charge is 2.36. The van der Waals surface area contributed by atoms with Crippen molar-refractivity contribution in [2.75, 3.05) is 12.0 Å². The number of aromatic amines is 1. The fraction of sp³-hybridized carbons (Fsp3) is 0.517. The minimum Gasteiger partial charge on any atom is -0.368 e. The number of carbonyl (C=O) groups is 9. The molecule has 9 amide bonds. The van der Waals surface area contributed by atoms with Gasteiger partial charge in [-0.05, 0) is 91.0 Å². The Bertz CT molecular complexity index is 2720. The number of hydrogen-bond donors (Lipinski definition) is 11. The SMILES string of the molecule is CSCCC(NC(=O)C(C)N)C(=O)NC(Cc1ccccc1)C(=O)NC(Cc1ccccc1)C(=O)NC(Cc1c[nH]c2ccccc12)C(=O)NC(CC(C)C)C(=O)NC(CC(C)C)C(=O)NC(CC(C)C)C(=O)NC(C(N)=O)C(C)C. The van der Waals surface area contributed by atoms with E-state index in [0.29, 0.717) is 22.4 Å². The van der Waals surface area contributed by atoms with Crippen LogP contribution in [0.25, 0.3) is 10.9 Å². The molecule has 13 N–H and O–H groups in total. The molecular formula is C60H87N11O9S. The first-order chi connectivity index (χ1) is 38.4. The van der Waals surface area contributed by atoms with Crippen molar-refractivity contribution in [1.82, 2.24) is 47.5 Å². The molecule has 0 radical (unpaired) electrons. The molecule has 1 aromatic heterocycles. The van der Waals surface area contributed by atoms with Crippen LogP contribution in [0.3, 0.4) is 0 Å². The van der Waals surface area contributed by atoms with E-state index in [1.165, 1.54) is 18.7 Å². The molecule has 4 rings (SSSR count). The van der Waals surface area contributed by atoms with Gasteiger partial charge in [-0.1, -0.05) is 134 Å². The summed E-state index contributed by atoms with van der Waals surface area (Å²) in [5.74, 6) is -6.13. The van der Waals surface area contributed by atoms with Crippen LogP contribution in [-0.4, -0.2) is 125 Å². The summed E-state index contributed by atoms with van der Waals surface area (Å²) < 4.78 is 0. The number of aromatic nitrogens is 1. The number of hydrogen-bond acceptors (Lipinski definition) is 11. The van der Waals surface area contributed by atoms with Crippen LogP contribution in [0.15, 0.2) is 91.1 Å². The van der Waals surface area contributed by atoms with Gasteiger partial charge in [0.25, 0.3) is 0 Å². The number of benzene rings is 3. The third-order valence-corrected chi connectivity index (χ3v) is 14.2. The molecule has 0 spiro atoms. The fourth-order valence-corrected chi connectivity index (χ4v) is 9.69. The molecule has 3 aromatic carbocycles. The summed E-state index contributed by atoms with van der Waals surface area (Å²) in [6, 6.07) is 15.1. The maximum Gasteiger partial charge on any atom is 0.243 e. The molecule has 0 aliphatic carbocycles. The van der Waals surface area contributed by atoms with Gasteiger partial charge < -0.3 is 59.0 Å². The Morgan fingerprint density at radius 1 is 0.457 bits per heavy atom. The number of para-hydroxylation sites is 1. The molecule has 0 aliphatic rings. The average Bonchev–Trinajstić information content (AvgIpc) is 3.83. The third kappa shape index (κ3) is 22.0. The molecule has 442 valence electrons. The molecule has 9 atom stereocenters. The molecule has 81 heavy (non-hydrogen) atoms. The summed E-state index contributed by atoms with van der Waals surface area (Å²) in [7, 11) is 0. The predicted molar refractivity (Wildman–Crippen MR) is 317 cm³/mol. The van der Waals surface area contributed by atoms with Crippen LogP contribution in [0.2, 0.25) is 0 Å². The lowest BCUT2D eigenvalue weighted by Crippen LogP contribution is -2.61. The van der Waals surface area contributed by atoms with Crippen molar-refractivity contribution in [3.63, 3.8) is 0 Å². The Hall–Kier alpha value is -7.26. The van der Waals surface area contributed by atoms with Crippen LogP contribution >= 0.6 is 11.8 Å². The second-order valence-electron chi connectivity index (χ2n) is 22.5. The van der Waals surface area contributed by atoms with Crippen molar-refractivity contribution in [2.24, 2.45) is 35.1 Å². The van der Waals surface area contributed by atoms with Gasteiger partial charge in [0.2, 0.25) is 53.2 Å². The summed E-state index contributed by atoms with van der Waals surface area (Å²) in [6.45, 7) is 16.2. The van der Waals surface area contributed by atoms with E-state index in [2.05, 4.69) is 47.5 Å². The zero-order chi connectivity index (χ0) is 59.9. The second kappa shape index (κ2) is 32.9. The monoisotopic (exact) mass is 1140 g/mol. The summed E-state index contributed by atoms with van der Waals surface area (Å²) in [5.41, 5.74) is 14.3. The first-order valence-electron chi connectivity index (χ1n) is 28.0. The van der Waals surface area contributed by atoms with Crippen molar-refractivity contribution in [3.8, 4) is 0 Å². The van der Waals surface area contributed by atoms with Crippen LogP contribution in [-0.2, 0) is 62.4 Å². The smallest absolute Gasteiger partial charge is 0.243 e. The van der Waals surface area contributed by atoms with Gasteiger partial charge in [0.05, 0.1) is 6.04 Å². The number of rotatable bonds is 33. The molecule has 9 unspecified atom stereocenters. The molecule has 0 saturated carbocycles. The van der Waals surface area contributed by atoms with Gasteiger partial charge in [0.15, 0.2) is 0 Å². The van der Waals surface area contributed by atoms with Crippen LogP contribution in [0.1, 0.15) is 105 Å². The summed E-state index contributed by atoms with van der Waals surface area (Å²) in [6.07, 6.45) is 4.27. The zero-order valence-electron chi connectivity index (χ0n) is 48.6. The lowest BCUT2D eigenvalue weighted by molar-refractivity contribution is -0.136. The molecule has 0 saturated heterocycles. The van der Waals surface area contributed by atoms with Gasteiger partial charge in [-0.15, -0.1) is 0 Å². The fourth-order valence-electron chi connectivity index (χ4n) is 9.22. The number of thioether (sulfide) groups is 1. The molecule has 4 aromatic rings. The van der Waals surface area contributed by atoms with Gasteiger partial charge in [0, 0.05) is 36.4 Å². The first kappa shape index (κ1) is 66.3. The van der Waals surface area contributed by atoms with E-state index in [1.807, 2.05) is 84.2 Å². The van der Waals surface area contributed by atoms with E-state index in [-0.39, 0.29) is 68.6 Å². The summed E-state index contributed by atoms with van der Waals surface area (Å²) in [5, 5.41) is 23.3. The van der Waals surface area contributed by atoms with Crippen LogP contribution in [0.5, 0.6) is 0 Å². The van der Waals surface area contributed by atoms with E-state index in [1.54, 1.807) is 68.6 Å². The van der Waals surface area contributed by atoms with Crippen molar-refractivity contribution in [2.45, 2.75) is 162 Å². The van der Waals surface area contributed by atoms with E-state index in [9.17, 15) is 38.4 Å². The number of nitrogens with two attached hydrogens (primary N) is 2. The standard InChI is InChI=1S/C60H87N11O9S/c1-34(2)27-45(56(76)67-47(29-36(5)6)60(80)71-51(37(7)8)52(62)72)65-55(75)46(28-35(3)4)66-59(79)50(32-41-33-63-43-24-18-17-23-42(41)43)70-58(78)49(31-40-21-15-12-16-22-40)69-57(77)48(30-39-19-13-11-14-20-39)68-54(74)44(25-26-81-10)64-53(73)38(9)61/h11-24,33-38,44-51,63H,25-32,61H2,1-10H3,(H2,62,72)(H,64,73)(H,65,75)(H,66,79)(H,67,76)(H,68,74)(H,69,77)(H,70,78)(H,71,80). The lowest BCUT2D eigenvalue weighted by atomic mass is 9.97. The lowest BCUT2D eigenvalue weighted by Gasteiger charge is -2.29. The largest absolute Gasteiger partial charge is 0.368 e. The number of carbonyl (C=O) groups excluding carboxylic acids is 9. The van der Waals surface area contributed by atoms with Crippen LogP contribution in [0, 0.1) is 23.7 Å². The van der Waals surface area contributed by atoms with Gasteiger partial charge in [-0.2, -0.15) is 11.8 Å². The first-order valence-corrected chi connectivity index (χ1v) is 29.4. The number of nitrogens with one attached hydrogen (secondary N) is 9. The predicted octanol–water partition coefficient (Wildman–Crippen LogP) is 3.45. The molecule has 0 fully saturated rings. The van der Waals surface area contributed by atoms with E-state index in [0.717, 1.165) is 10.9 Å². The number of H-pyrrole nitrogens is 1. The van der Waals surface area contributed by atoms with Crippen LogP contribution < -0.4 is 54.0 Å². The van der Waals surface area contributed by atoms with Crippen LogP contribution in [0.4, 0.5) is 0 Å². The molecule has 20 nitrogen and oxygen atoms in total. The van der Waals surface area contributed by atoms with E-state index < -0.39 is 108 Å². The molecule has 0 bridgehead atoms. The van der Waals surface area contributed by atoms with Gasteiger partial charge in [-0.25, -0.2) is 0 Å². The van der Waals surface area contributed by atoms with Crippen molar-refractivity contribution in [1.29, 1.82) is 0 Å². The Kier molecular flexibility index (Phi) is 26.9.